The zero-order chi connectivity index (χ0) is 49.3. The van der Waals surface area contributed by atoms with E-state index < -0.39 is 6.10 Å². The van der Waals surface area contributed by atoms with Crippen LogP contribution >= 0.6 is 0 Å². The second-order valence-corrected chi connectivity index (χ2v) is 17.3. The summed E-state index contributed by atoms with van der Waals surface area (Å²) in [4.78, 5) is 38.1. The zero-order valence-electron chi connectivity index (χ0n) is 43.3. The van der Waals surface area contributed by atoms with Gasteiger partial charge in [0.05, 0.1) is 0 Å². The molecule has 0 aliphatic heterocycles. The van der Waals surface area contributed by atoms with Crippen molar-refractivity contribution in [1.29, 1.82) is 0 Å². The second kappa shape index (κ2) is 54.9. The van der Waals surface area contributed by atoms with E-state index in [0.29, 0.717) is 25.7 Å². The number of esters is 3. The topological polar surface area (TPSA) is 78.9 Å². The first-order chi connectivity index (χ1) is 33.5. The van der Waals surface area contributed by atoms with Crippen LogP contribution in [-0.4, -0.2) is 37.2 Å². The highest BCUT2D eigenvalue weighted by molar-refractivity contribution is 5.71. The third kappa shape index (κ3) is 52.3. The monoisotopic (exact) mass is 937 g/mol. The molecule has 0 spiro atoms. The van der Waals surface area contributed by atoms with Crippen molar-refractivity contribution >= 4 is 17.9 Å². The number of unbranched alkanes of at least 4 members (excludes halogenated alkanes) is 20. The fourth-order valence-corrected chi connectivity index (χ4v) is 6.83. The molecule has 0 fully saturated rings. The summed E-state index contributed by atoms with van der Waals surface area (Å²) in [6, 6.07) is 0. The molecule has 0 bridgehead atoms. The van der Waals surface area contributed by atoms with Gasteiger partial charge in [0.2, 0.25) is 0 Å². The molecule has 6 nitrogen and oxygen atoms in total. The van der Waals surface area contributed by atoms with E-state index in [1.54, 1.807) is 0 Å². The Balaban J connectivity index is 4.59. The van der Waals surface area contributed by atoms with Gasteiger partial charge < -0.3 is 14.2 Å². The number of carbonyl (C=O) groups is 3. The number of hydrogen-bond donors (Lipinski definition) is 0. The zero-order valence-corrected chi connectivity index (χ0v) is 43.3. The fraction of sp³-hybridized carbons (Fsp3) is 0.565. The molecule has 0 aromatic carbocycles. The quantitative estimate of drug-likeness (QED) is 0.0262. The normalized spacial score (nSPS) is 13.3. The molecule has 1 unspecified atom stereocenters. The van der Waals surface area contributed by atoms with Gasteiger partial charge in [-0.1, -0.05) is 250 Å². The number of ether oxygens (including phenoxy) is 3. The molecule has 0 heterocycles. The maximum atomic E-state index is 12.8. The van der Waals surface area contributed by atoms with Gasteiger partial charge >= 0.3 is 17.9 Å². The second-order valence-electron chi connectivity index (χ2n) is 17.3. The first kappa shape index (κ1) is 63.3. The van der Waals surface area contributed by atoms with Crippen molar-refractivity contribution in [1.82, 2.24) is 0 Å². The Bertz CT molecular complexity index is 1540. The van der Waals surface area contributed by atoms with Crippen LogP contribution in [0.15, 0.2) is 146 Å². The highest BCUT2D eigenvalue weighted by Gasteiger charge is 2.19. The van der Waals surface area contributed by atoms with Crippen LogP contribution < -0.4 is 0 Å². The summed E-state index contributed by atoms with van der Waals surface area (Å²) in [5, 5.41) is 0. The smallest absolute Gasteiger partial charge is 0.306 e. The molecule has 0 aromatic heterocycles. The maximum Gasteiger partial charge on any atom is 0.306 e. The summed E-state index contributed by atoms with van der Waals surface area (Å²) in [7, 11) is 0. The maximum absolute atomic E-state index is 12.8. The third-order valence-corrected chi connectivity index (χ3v) is 10.8. The summed E-state index contributed by atoms with van der Waals surface area (Å²) < 4.78 is 16.8. The molecule has 0 amide bonds. The van der Waals surface area contributed by atoms with Crippen molar-refractivity contribution in [3.8, 4) is 0 Å². The van der Waals surface area contributed by atoms with Gasteiger partial charge in [-0.05, 0) is 83.5 Å². The minimum atomic E-state index is -0.823. The standard InChI is InChI=1S/C62H96O6/c1-4-7-10-13-16-19-22-25-28-30-31-32-35-37-40-43-46-49-52-55-61(64)67-58-59(57-66-60(63)54-51-48-45-42-39-36-33-27-24-21-18-15-12-9-6-3)68-62(65)56-53-50-47-44-41-38-34-29-26-23-20-17-14-11-8-5-2/h7,9-10,12-13,15-16,18-19,21-22,24-25,28-32,34-35,37-38,40-41,59H,4-6,8,11,14,17,20,23,26-27,33,36,39,42-58H2,1-3H3/b10-7-,12-9-,16-13-,18-15-,22-19-,24-21-,28-25-,31-30+,34-29-,35-32-,40-37-,41-38-. The number of rotatable bonds is 46. The predicted octanol–water partition coefficient (Wildman–Crippen LogP) is 18.0. The summed E-state index contributed by atoms with van der Waals surface area (Å²) in [5.74, 6) is -1.01. The van der Waals surface area contributed by atoms with Crippen LogP contribution in [0.1, 0.15) is 207 Å². The number of carbonyl (C=O) groups excluding carboxylic acids is 3. The van der Waals surface area contributed by atoms with Crippen LogP contribution in [0.4, 0.5) is 0 Å². The molecule has 0 saturated carbocycles. The van der Waals surface area contributed by atoms with Crippen LogP contribution in [-0.2, 0) is 28.6 Å². The molecule has 1 atom stereocenters. The van der Waals surface area contributed by atoms with Crippen molar-refractivity contribution in [2.45, 2.75) is 213 Å². The third-order valence-electron chi connectivity index (χ3n) is 10.8. The largest absolute Gasteiger partial charge is 0.462 e. The van der Waals surface area contributed by atoms with Crippen molar-refractivity contribution in [3.63, 3.8) is 0 Å². The van der Waals surface area contributed by atoms with E-state index in [-0.39, 0.29) is 37.5 Å². The Morgan fingerprint density at radius 2 is 0.574 bits per heavy atom. The molecular weight excluding hydrogens is 841 g/mol. The summed E-state index contributed by atoms with van der Waals surface area (Å²) in [6.45, 7) is 6.27. The molecule has 0 N–H and O–H groups in total. The van der Waals surface area contributed by atoms with Gasteiger partial charge in [-0.15, -0.1) is 0 Å². The van der Waals surface area contributed by atoms with Crippen LogP contribution in [0.25, 0.3) is 0 Å². The molecule has 0 saturated heterocycles. The van der Waals surface area contributed by atoms with Gasteiger partial charge in [-0.2, -0.15) is 0 Å². The number of allylic oxidation sites excluding steroid dienone is 24. The Labute approximate surface area is 417 Å². The summed E-state index contributed by atoms with van der Waals surface area (Å²) in [5.41, 5.74) is 0. The molecule has 0 aromatic rings. The SMILES string of the molecule is CC\C=C/C=C\C=C/C=C\C=C\C=C/C=C\CCCCCC(=O)OCC(COC(=O)CCCCCCCCC\C=C/C=C\C=C/CC)OC(=O)CCCCC/C=C\C=C/CCCCCCCCC. The van der Waals surface area contributed by atoms with Gasteiger partial charge in [0.15, 0.2) is 6.10 Å². The Morgan fingerprint density at radius 3 is 0.926 bits per heavy atom. The highest BCUT2D eigenvalue weighted by atomic mass is 16.6. The van der Waals surface area contributed by atoms with Crippen molar-refractivity contribution < 1.29 is 28.6 Å². The lowest BCUT2D eigenvalue weighted by Crippen LogP contribution is -2.30. The van der Waals surface area contributed by atoms with E-state index in [2.05, 4.69) is 93.7 Å². The molecule has 0 aliphatic rings. The van der Waals surface area contributed by atoms with E-state index in [1.807, 2.05) is 72.9 Å². The van der Waals surface area contributed by atoms with Crippen LogP contribution in [0.2, 0.25) is 0 Å². The number of hydrogen-bond acceptors (Lipinski definition) is 6. The molecule has 0 rings (SSSR count). The lowest BCUT2D eigenvalue weighted by atomic mass is 10.1. The van der Waals surface area contributed by atoms with E-state index in [4.69, 9.17) is 14.2 Å². The molecule has 380 valence electrons. The van der Waals surface area contributed by atoms with E-state index in [0.717, 1.165) is 89.9 Å². The Kier molecular flexibility index (Phi) is 51.1. The molecule has 68 heavy (non-hydrogen) atoms. The summed E-state index contributed by atoms with van der Waals surface area (Å²) >= 11 is 0. The first-order valence-electron chi connectivity index (χ1n) is 27.0. The Hall–Kier alpha value is -4.71. The van der Waals surface area contributed by atoms with Gasteiger partial charge in [-0.3, -0.25) is 14.4 Å². The van der Waals surface area contributed by atoms with Crippen molar-refractivity contribution in [2.75, 3.05) is 13.2 Å². The van der Waals surface area contributed by atoms with Gasteiger partial charge in [-0.25, -0.2) is 0 Å². The molecule has 6 heteroatoms. The van der Waals surface area contributed by atoms with E-state index in [1.165, 1.54) is 64.2 Å². The average Bonchev–Trinajstić information content (AvgIpc) is 3.34. The molecule has 0 aliphatic carbocycles. The predicted molar refractivity (Wildman–Crippen MR) is 292 cm³/mol. The van der Waals surface area contributed by atoms with E-state index >= 15 is 0 Å². The van der Waals surface area contributed by atoms with Crippen molar-refractivity contribution in [2.24, 2.45) is 0 Å². The van der Waals surface area contributed by atoms with Gasteiger partial charge in [0.25, 0.3) is 0 Å². The minimum absolute atomic E-state index is 0.116. The molecular formula is C62H96O6. The first-order valence-corrected chi connectivity index (χ1v) is 27.0. The van der Waals surface area contributed by atoms with Crippen molar-refractivity contribution in [3.05, 3.63) is 146 Å². The van der Waals surface area contributed by atoms with Gasteiger partial charge in [0.1, 0.15) is 13.2 Å². The lowest BCUT2D eigenvalue weighted by Gasteiger charge is -2.18. The minimum Gasteiger partial charge on any atom is -0.462 e. The van der Waals surface area contributed by atoms with Crippen LogP contribution in [0.5, 0.6) is 0 Å². The lowest BCUT2D eigenvalue weighted by molar-refractivity contribution is -0.167. The van der Waals surface area contributed by atoms with Crippen LogP contribution in [0, 0.1) is 0 Å². The average molecular weight is 937 g/mol. The van der Waals surface area contributed by atoms with Gasteiger partial charge in [0, 0.05) is 19.3 Å². The van der Waals surface area contributed by atoms with Crippen LogP contribution in [0.3, 0.4) is 0 Å². The Morgan fingerprint density at radius 1 is 0.309 bits per heavy atom. The molecule has 0 radical (unpaired) electrons. The van der Waals surface area contributed by atoms with E-state index in [9.17, 15) is 14.4 Å². The summed E-state index contributed by atoms with van der Waals surface area (Å²) in [6.07, 6.45) is 78.2. The fourth-order valence-electron chi connectivity index (χ4n) is 6.83. The highest BCUT2D eigenvalue weighted by Crippen LogP contribution is 2.13.